The first-order valence-corrected chi connectivity index (χ1v) is 17.8. The van der Waals surface area contributed by atoms with Gasteiger partial charge in [0, 0.05) is 12.4 Å². The molecule has 0 aliphatic rings. The van der Waals surface area contributed by atoms with E-state index in [0.717, 1.165) is 11.5 Å². The van der Waals surface area contributed by atoms with Crippen molar-refractivity contribution in [1.29, 1.82) is 0 Å². The number of unbranched alkanes of at least 4 members (excludes halogenated alkanes) is 15. The molecular formula is C29H63NO5PS+. The molecule has 0 saturated heterocycles. The summed E-state index contributed by atoms with van der Waals surface area (Å²) in [6.07, 6.45) is 22.1. The van der Waals surface area contributed by atoms with Crippen LogP contribution in [0.4, 0.5) is 0 Å². The summed E-state index contributed by atoms with van der Waals surface area (Å²) < 4.78 is 29.2. The van der Waals surface area contributed by atoms with Crippen LogP contribution in [-0.4, -0.2) is 74.0 Å². The van der Waals surface area contributed by atoms with Gasteiger partial charge >= 0.3 is 7.82 Å². The van der Waals surface area contributed by atoms with Gasteiger partial charge in [0.15, 0.2) is 0 Å². The Hall–Kier alpha value is 0.380. The first kappa shape index (κ1) is 37.4. The number of thioether (sulfide) groups is 1. The lowest BCUT2D eigenvalue weighted by atomic mass is 10.0. The number of hydrogen-bond acceptors (Lipinski definition) is 5. The highest BCUT2D eigenvalue weighted by atomic mass is 32.2. The van der Waals surface area contributed by atoms with Gasteiger partial charge in [-0.05, 0) is 26.0 Å². The molecule has 0 rings (SSSR count). The lowest BCUT2D eigenvalue weighted by molar-refractivity contribution is -0.870. The zero-order valence-electron chi connectivity index (χ0n) is 25.4. The molecule has 0 spiro atoms. The smallest absolute Gasteiger partial charge is 0.372 e. The standard InChI is InChI=1S/C29H62NO5PS/c1-7-9-10-11-12-13-14-15-16-17-18-19-20-21-22-23-26-37-28-29(3,33-8-2)27-35-36(31,32)34-25-24-30(4,5)6/h7-28H2,1-6H3/p+1. The molecule has 0 aromatic rings. The van der Waals surface area contributed by atoms with E-state index in [1.54, 1.807) is 0 Å². The molecule has 0 amide bonds. The maximum absolute atomic E-state index is 12.2. The number of phosphoric acid groups is 1. The van der Waals surface area contributed by atoms with E-state index < -0.39 is 13.4 Å². The van der Waals surface area contributed by atoms with Crippen molar-refractivity contribution in [2.75, 3.05) is 59.0 Å². The Labute approximate surface area is 235 Å². The second kappa shape index (κ2) is 23.1. The third kappa shape index (κ3) is 26.4. The van der Waals surface area contributed by atoms with E-state index in [9.17, 15) is 9.46 Å². The molecule has 37 heavy (non-hydrogen) atoms. The minimum atomic E-state index is -4.08. The van der Waals surface area contributed by atoms with Crippen molar-refractivity contribution in [1.82, 2.24) is 0 Å². The van der Waals surface area contributed by atoms with Crippen molar-refractivity contribution < 1.29 is 27.7 Å². The van der Waals surface area contributed by atoms with Gasteiger partial charge in [-0.2, -0.15) is 11.8 Å². The van der Waals surface area contributed by atoms with Crippen LogP contribution in [0, 0.1) is 0 Å². The van der Waals surface area contributed by atoms with E-state index in [1.807, 2.05) is 46.8 Å². The Kier molecular flexibility index (Phi) is 23.4. The molecule has 6 nitrogen and oxygen atoms in total. The maximum Gasteiger partial charge on any atom is 0.472 e. The highest BCUT2D eigenvalue weighted by molar-refractivity contribution is 7.99. The Morgan fingerprint density at radius 3 is 1.65 bits per heavy atom. The fourth-order valence-corrected chi connectivity index (χ4v) is 6.17. The third-order valence-electron chi connectivity index (χ3n) is 6.59. The minimum Gasteiger partial charge on any atom is -0.372 e. The summed E-state index contributed by atoms with van der Waals surface area (Å²) in [5, 5.41) is 0. The van der Waals surface area contributed by atoms with Gasteiger partial charge in [0.25, 0.3) is 0 Å². The quantitative estimate of drug-likeness (QED) is 0.0579. The number of rotatable bonds is 28. The van der Waals surface area contributed by atoms with Crippen LogP contribution in [0.15, 0.2) is 0 Å². The van der Waals surface area contributed by atoms with E-state index in [1.165, 1.54) is 103 Å². The second-order valence-electron chi connectivity index (χ2n) is 11.8. The molecule has 0 aliphatic carbocycles. The molecule has 1 N–H and O–H groups in total. The summed E-state index contributed by atoms with van der Waals surface area (Å²) in [6, 6.07) is 0. The lowest BCUT2D eigenvalue weighted by Crippen LogP contribution is -2.38. The minimum absolute atomic E-state index is 0.0466. The van der Waals surface area contributed by atoms with Crippen molar-refractivity contribution in [2.45, 2.75) is 129 Å². The van der Waals surface area contributed by atoms with Gasteiger partial charge in [0.2, 0.25) is 0 Å². The molecule has 0 aromatic heterocycles. The van der Waals surface area contributed by atoms with Crippen molar-refractivity contribution in [3.05, 3.63) is 0 Å². The molecular weight excluding hydrogens is 505 g/mol. The lowest BCUT2D eigenvalue weighted by Gasteiger charge is -2.30. The Balaban J connectivity index is 3.74. The van der Waals surface area contributed by atoms with Crippen LogP contribution in [-0.2, 0) is 18.3 Å². The molecule has 0 saturated carbocycles. The SMILES string of the molecule is CCCCCCCCCCCCCCCCCCSCC(C)(COP(=O)(O)OCC[N+](C)(C)C)OCC. The predicted octanol–water partition coefficient (Wildman–Crippen LogP) is 8.62. The molecule has 0 fully saturated rings. The van der Waals surface area contributed by atoms with Gasteiger partial charge in [-0.25, -0.2) is 4.57 Å². The third-order valence-corrected chi connectivity index (χ3v) is 8.95. The Morgan fingerprint density at radius 1 is 0.757 bits per heavy atom. The number of nitrogens with zero attached hydrogens (tertiary/aromatic N) is 1. The molecule has 0 aliphatic heterocycles. The van der Waals surface area contributed by atoms with Crippen LogP contribution in [0.25, 0.3) is 0 Å². The van der Waals surface area contributed by atoms with E-state index in [-0.39, 0.29) is 13.2 Å². The fourth-order valence-electron chi connectivity index (χ4n) is 4.20. The second-order valence-corrected chi connectivity index (χ2v) is 14.4. The Morgan fingerprint density at radius 2 is 1.22 bits per heavy atom. The zero-order valence-corrected chi connectivity index (χ0v) is 27.2. The van der Waals surface area contributed by atoms with Crippen LogP contribution < -0.4 is 0 Å². The fraction of sp³-hybridized carbons (Fsp3) is 1.00. The maximum atomic E-state index is 12.2. The number of likely N-dealkylation sites (N-methyl/N-ethyl adjacent to an activating group) is 1. The summed E-state index contributed by atoms with van der Waals surface area (Å²) in [6.45, 7) is 7.56. The highest BCUT2D eigenvalue weighted by Gasteiger charge is 2.31. The van der Waals surface area contributed by atoms with E-state index in [2.05, 4.69) is 6.92 Å². The molecule has 2 atom stereocenters. The summed E-state index contributed by atoms with van der Waals surface area (Å²) in [4.78, 5) is 10.0. The number of ether oxygens (including phenoxy) is 1. The Bertz CT molecular complexity index is 561. The molecule has 0 aromatic carbocycles. The predicted molar refractivity (Wildman–Crippen MR) is 162 cm³/mol. The van der Waals surface area contributed by atoms with Gasteiger partial charge in [-0.3, -0.25) is 9.05 Å². The summed E-state index contributed by atoms with van der Waals surface area (Å²) in [5.41, 5.74) is -0.601. The molecule has 8 heteroatoms. The summed E-state index contributed by atoms with van der Waals surface area (Å²) in [5.74, 6) is 1.82. The van der Waals surface area contributed by atoms with Crippen LogP contribution >= 0.6 is 19.6 Å². The monoisotopic (exact) mass is 568 g/mol. The molecule has 0 radical (unpaired) electrons. The molecule has 0 bridgehead atoms. The molecule has 0 heterocycles. The van der Waals surface area contributed by atoms with Crippen molar-refractivity contribution in [3.63, 3.8) is 0 Å². The van der Waals surface area contributed by atoms with Crippen LogP contribution in [0.1, 0.15) is 124 Å². The number of hydrogen-bond donors (Lipinski definition) is 1. The van der Waals surface area contributed by atoms with Gasteiger partial charge in [0.05, 0.1) is 33.4 Å². The normalized spacial score (nSPS) is 15.5. The number of quaternary nitrogens is 1. The van der Waals surface area contributed by atoms with Gasteiger partial charge in [-0.1, -0.05) is 103 Å². The number of phosphoric ester groups is 1. The zero-order chi connectivity index (χ0) is 27.9. The van der Waals surface area contributed by atoms with Crippen LogP contribution in [0.5, 0.6) is 0 Å². The van der Waals surface area contributed by atoms with E-state index in [4.69, 9.17) is 13.8 Å². The first-order chi connectivity index (χ1) is 17.5. The molecule has 224 valence electrons. The van der Waals surface area contributed by atoms with Gasteiger partial charge in [-0.15, -0.1) is 0 Å². The van der Waals surface area contributed by atoms with E-state index in [0.29, 0.717) is 17.6 Å². The van der Waals surface area contributed by atoms with Crippen molar-refractivity contribution in [3.8, 4) is 0 Å². The summed E-state index contributed by atoms with van der Waals surface area (Å²) >= 11 is 1.84. The topological polar surface area (TPSA) is 65.0 Å². The largest absolute Gasteiger partial charge is 0.472 e. The van der Waals surface area contributed by atoms with E-state index >= 15 is 0 Å². The van der Waals surface area contributed by atoms with Gasteiger partial charge < -0.3 is 14.1 Å². The highest BCUT2D eigenvalue weighted by Crippen LogP contribution is 2.44. The van der Waals surface area contributed by atoms with Crippen molar-refractivity contribution >= 4 is 19.6 Å². The van der Waals surface area contributed by atoms with Crippen LogP contribution in [0.2, 0.25) is 0 Å². The van der Waals surface area contributed by atoms with Crippen molar-refractivity contribution in [2.24, 2.45) is 0 Å². The summed E-state index contributed by atoms with van der Waals surface area (Å²) in [7, 11) is 1.95. The molecule has 2 unspecified atom stereocenters. The average molecular weight is 569 g/mol. The average Bonchev–Trinajstić information content (AvgIpc) is 2.81. The first-order valence-electron chi connectivity index (χ1n) is 15.2. The van der Waals surface area contributed by atoms with Gasteiger partial charge in [0.1, 0.15) is 13.2 Å². The van der Waals surface area contributed by atoms with Crippen LogP contribution in [0.3, 0.4) is 0 Å².